The fraction of sp³-hybridized carbons (Fsp3) is 0.650. The number of halogens is 1. The summed E-state index contributed by atoms with van der Waals surface area (Å²) in [6, 6.07) is 6.31. The molecule has 1 amide bonds. The Morgan fingerprint density at radius 3 is 2.33 bits per heavy atom. The van der Waals surface area contributed by atoms with Crippen LogP contribution in [0.2, 0.25) is 0 Å². The van der Waals surface area contributed by atoms with Crippen molar-refractivity contribution in [3.63, 3.8) is 0 Å². The Labute approximate surface area is 144 Å². The first kappa shape index (κ1) is 17.4. The normalized spacial score (nSPS) is 23.0. The van der Waals surface area contributed by atoms with Crippen molar-refractivity contribution in [2.45, 2.75) is 57.4 Å². The van der Waals surface area contributed by atoms with Crippen molar-refractivity contribution in [2.24, 2.45) is 0 Å². The molecular formula is C20H29FN2O. The summed E-state index contributed by atoms with van der Waals surface area (Å²) >= 11 is 0. The van der Waals surface area contributed by atoms with Crippen molar-refractivity contribution in [1.82, 2.24) is 9.80 Å². The fourth-order valence-corrected chi connectivity index (χ4v) is 4.02. The number of rotatable bonds is 4. The van der Waals surface area contributed by atoms with Crippen molar-refractivity contribution in [3.05, 3.63) is 35.6 Å². The van der Waals surface area contributed by atoms with Crippen LogP contribution in [-0.4, -0.2) is 47.9 Å². The number of benzene rings is 1. The highest BCUT2D eigenvalue weighted by Crippen LogP contribution is 2.23. The molecule has 1 aromatic rings. The molecule has 2 aliphatic heterocycles. The molecule has 3 rings (SSSR count). The zero-order valence-electron chi connectivity index (χ0n) is 14.6. The van der Waals surface area contributed by atoms with Crippen LogP contribution in [0.15, 0.2) is 24.3 Å². The molecule has 0 bridgehead atoms. The van der Waals surface area contributed by atoms with Gasteiger partial charge in [0.2, 0.25) is 0 Å². The van der Waals surface area contributed by atoms with E-state index in [1.165, 1.54) is 57.3 Å². The lowest BCUT2D eigenvalue weighted by atomic mass is 9.97. The summed E-state index contributed by atoms with van der Waals surface area (Å²) in [6.07, 6.45) is 9.77. The van der Waals surface area contributed by atoms with E-state index in [4.69, 9.17) is 0 Å². The van der Waals surface area contributed by atoms with E-state index in [1.807, 2.05) is 4.90 Å². The molecule has 1 unspecified atom stereocenters. The highest BCUT2D eigenvalue weighted by molar-refractivity contribution is 5.94. The van der Waals surface area contributed by atoms with Gasteiger partial charge in [0.25, 0.3) is 5.91 Å². The Hall–Kier alpha value is -1.42. The molecule has 2 aliphatic rings. The Balaban J connectivity index is 1.60. The van der Waals surface area contributed by atoms with Crippen LogP contribution in [-0.2, 0) is 0 Å². The lowest BCUT2D eigenvalue weighted by Gasteiger charge is -2.37. The number of amides is 1. The Morgan fingerprint density at radius 1 is 0.958 bits per heavy atom. The first-order valence-electron chi connectivity index (χ1n) is 9.53. The van der Waals surface area contributed by atoms with Crippen molar-refractivity contribution in [2.75, 3.05) is 26.2 Å². The van der Waals surface area contributed by atoms with Crippen LogP contribution in [0.5, 0.6) is 0 Å². The summed E-state index contributed by atoms with van der Waals surface area (Å²) in [6.45, 7) is 4.34. The van der Waals surface area contributed by atoms with Crippen LogP contribution in [0.4, 0.5) is 4.39 Å². The predicted molar refractivity (Wildman–Crippen MR) is 94.6 cm³/mol. The van der Waals surface area contributed by atoms with Gasteiger partial charge in [-0.3, -0.25) is 4.79 Å². The van der Waals surface area contributed by atoms with Gasteiger partial charge in [-0.25, -0.2) is 4.39 Å². The maximum atomic E-state index is 13.1. The van der Waals surface area contributed by atoms with E-state index in [1.54, 1.807) is 12.1 Å². The zero-order chi connectivity index (χ0) is 16.8. The molecule has 0 radical (unpaired) electrons. The summed E-state index contributed by atoms with van der Waals surface area (Å²) in [4.78, 5) is 17.4. The molecule has 0 aliphatic carbocycles. The SMILES string of the molecule is O=C(c1ccc(F)cc1)N1CCCCC1CCN1CCCCCC1. The van der Waals surface area contributed by atoms with Gasteiger partial charge in [0.05, 0.1) is 0 Å². The number of likely N-dealkylation sites (tertiary alicyclic amines) is 2. The number of carbonyl (C=O) groups excluding carboxylic acids is 1. The molecule has 2 heterocycles. The first-order valence-corrected chi connectivity index (χ1v) is 9.53. The first-order chi connectivity index (χ1) is 11.7. The van der Waals surface area contributed by atoms with Crippen LogP contribution in [0, 0.1) is 5.82 Å². The topological polar surface area (TPSA) is 23.6 Å². The molecule has 1 aromatic carbocycles. The molecular weight excluding hydrogens is 303 g/mol. The van der Waals surface area contributed by atoms with Crippen LogP contribution >= 0.6 is 0 Å². The van der Waals surface area contributed by atoms with E-state index in [-0.39, 0.29) is 11.7 Å². The lowest BCUT2D eigenvalue weighted by Crippen LogP contribution is -2.45. The van der Waals surface area contributed by atoms with E-state index in [2.05, 4.69) is 4.90 Å². The third kappa shape index (κ3) is 4.56. The minimum absolute atomic E-state index is 0.0653. The lowest BCUT2D eigenvalue weighted by molar-refractivity contribution is 0.0584. The summed E-state index contributed by atoms with van der Waals surface area (Å²) in [5.74, 6) is -0.224. The number of piperidine rings is 1. The quantitative estimate of drug-likeness (QED) is 0.829. The molecule has 2 fully saturated rings. The number of carbonyl (C=O) groups is 1. The molecule has 132 valence electrons. The zero-order valence-corrected chi connectivity index (χ0v) is 14.6. The van der Waals surface area contributed by atoms with E-state index in [9.17, 15) is 9.18 Å². The standard InChI is InChI=1S/C20H29FN2O/c21-18-10-8-17(9-11-18)20(24)23-15-6-3-7-19(23)12-16-22-13-4-1-2-5-14-22/h8-11,19H,1-7,12-16H2. The summed E-state index contributed by atoms with van der Waals surface area (Å²) in [7, 11) is 0. The molecule has 0 spiro atoms. The van der Waals surface area contributed by atoms with E-state index in [0.717, 1.165) is 32.4 Å². The molecule has 0 N–H and O–H groups in total. The monoisotopic (exact) mass is 332 g/mol. The van der Waals surface area contributed by atoms with E-state index in [0.29, 0.717) is 11.6 Å². The second kappa shape index (κ2) is 8.61. The van der Waals surface area contributed by atoms with Gasteiger partial charge in [-0.2, -0.15) is 0 Å². The van der Waals surface area contributed by atoms with Crippen LogP contribution in [0.3, 0.4) is 0 Å². The minimum Gasteiger partial charge on any atom is -0.336 e. The smallest absolute Gasteiger partial charge is 0.254 e. The van der Waals surface area contributed by atoms with E-state index >= 15 is 0 Å². The minimum atomic E-state index is -0.289. The van der Waals surface area contributed by atoms with Gasteiger partial charge >= 0.3 is 0 Å². The highest BCUT2D eigenvalue weighted by atomic mass is 19.1. The van der Waals surface area contributed by atoms with Crippen LogP contribution < -0.4 is 0 Å². The Morgan fingerprint density at radius 2 is 1.62 bits per heavy atom. The molecule has 4 heteroatoms. The average molecular weight is 332 g/mol. The van der Waals surface area contributed by atoms with Gasteiger partial charge < -0.3 is 9.80 Å². The summed E-state index contributed by atoms with van der Waals surface area (Å²) < 4.78 is 13.1. The Bertz CT molecular complexity index is 523. The van der Waals surface area contributed by atoms with Gasteiger partial charge in [-0.05, 0) is 75.9 Å². The van der Waals surface area contributed by atoms with Crippen molar-refractivity contribution < 1.29 is 9.18 Å². The largest absolute Gasteiger partial charge is 0.336 e. The van der Waals surface area contributed by atoms with Crippen LogP contribution in [0.25, 0.3) is 0 Å². The van der Waals surface area contributed by atoms with Crippen molar-refractivity contribution in [1.29, 1.82) is 0 Å². The fourth-order valence-electron chi connectivity index (χ4n) is 4.02. The number of nitrogens with zero attached hydrogens (tertiary/aromatic N) is 2. The molecule has 2 saturated heterocycles. The maximum Gasteiger partial charge on any atom is 0.254 e. The van der Waals surface area contributed by atoms with Gasteiger partial charge in [-0.15, -0.1) is 0 Å². The molecule has 0 saturated carbocycles. The Kier molecular flexibility index (Phi) is 6.24. The second-order valence-corrected chi connectivity index (χ2v) is 7.20. The predicted octanol–water partition coefficient (Wildman–Crippen LogP) is 4.09. The van der Waals surface area contributed by atoms with Gasteiger partial charge in [0.15, 0.2) is 0 Å². The average Bonchev–Trinajstić information content (AvgIpc) is 2.89. The van der Waals surface area contributed by atoms with Crippen molar-refractivity contribution in [3.8, 4) is 0 Å². The maximum absolute atomic E-state index is 13.1. The third-order valence-electron chi connectivity index (χ3n) is 5.46. The summed E-state index contributed by atoms with van der Waals surface area (Å²) in [5, 5.41) is 0. The second-order valence-electron chi connectivity index (χ2n) is 7.20. The third-order valence-corrected chi connectivity index (χ3v) is 5.46. The number of hydrogen-bond donors (Lipinski definition) is 0. The summed E-state index contributed by atoms with van der Waals surface area (Å²) in [5.41, 5.74) is 0.609. The molecule has 0 aromatic heterocycles. The van der Waals surface area contributed by atoms with Crippen LogP contribution in [0.1, 0.15) is 61.7 Å². The van der Waals surface area contributed by atoms with Crippen molar-refractivity contribution >= 4 is 5.91 Å². The van der Waals surface area contributed by atoms with Gasteiger partial charge in [0, 0.05) is 24.7 Å². The van der Waals surface area contributed by atoms with Gasteiger partial charge in [0.1, 0.15) is 5.82 Å². The molecule has 24 heavy (non-hydrogen) atoms. The molecule has 3 nitrogen and oxygen atoms in total. The number of hydrogen-bond acceptors (Lipinski definition) is 2. The highest BCUT2D eigenvalue weighted by Gasteiger charge is 2.27. The molecule has 1 atom stereocenters. The van der Waals surface area contributed by atoms with Gasteiger partial charge in [-0.1, -0.05) is 12.8 Å². The van der Waals surface area contributed by atoms with E-state index < -0.39 is 0 Å².